The maximum absolute atomic E-state index is 13.2. The molecule has 0 heterocycles. The van der Waals surface area contributed by atoms with Gasteiger partial charge in [0, 0.05) is 12.1 Å². The number of hydrogen-bond acceptors (Lipinski definition) is 3. The van der Waals surface area contributed by atoms with Crippen molar-refractivity contribution in [1.29, 1.82) is 0 Å². The summed E-state index contributed by atoms with van der Waals surface area (Å²) in [6.07, 6.45) is 0. The van der Waals surface area contributed by atoms with E-state index in [-0.39, 0.29) is 12.4 Å². The van der Waals surface area contributed by atoms with Crippen LogP contribution in [0.25, 0.3) is 0 Å². The Bertz CT molecular complexity index is 446. The third-order valence-electron chi connectivity index (χ3n) is 2.76. The monoisotopic (exact) mass is 269 g/mol. The van der Waals surface area contributed by atoms with Gasteiger partial charge in [-0.15, -0.1) is 0 Å². The highest BCUT2D eigenvalue weighted by Gasteiger charge is 2.28. The molecule has 0 aliphatic carbocycles. The molecule has 0 bridgehead atoms. The molecule has 5 heteroatoms. The molecule has 0 aliphatic heterocycles. The van der Waals surface area contributed by atoms with Gasteiger partial charge in [0.15, 0.2) is 0 Å². The van der Waals surface area contributed by atoms with Gasteiger partial charge >= 0.3 is 5.97 Å². The van der Waals surface area contributed by atoms with E-state index in [0.717, 1.165) is 6.54 Å². The average molecular weight is 269 g/mol. The van der Waals surface area contributed by atoms with Crippen molar-refractivity contribution < 1.29 is 19.0 Å². The van der Waals surface area contributed by atoms with Gasteiger partial charge in [0.25, 0.3) is 0 Å². The van der Waals surface area contributed by atoms with Crippen LogP contribution in [0.1, 0.15) is 26.3 Å². The van der Waals surface area contributed by atoms with E-state index in [2.05, 4.69) is 5.32 Å². The number of hydrogen-bond donors (Lipinski definition) is 2. The van der Waals surface area contributed by atoms with Crippen molar-refractivity contribution in [3.05, 3.63) is 29.6 Å². The number of carboxylic acids is 1. The first-order valence-electron chi connectivity index (χ1n) is 6.22. The first-order valence-corrected chi connectivity index (χ1v) is 6.22. The summed E-state index contributed by atoms with van der Waals surface area (Å²) < 4.78 is 18.7. The molecule has 0 saturated heterocycles. The number of carboxylic acid groups (broad SMARTS) is 1. The minimum Gasteiger partial charge on any atom is -0.492 e. The zero-order chi connectivity index (χ0) is 14.5. The first-order chi connectivity index (χ1) is 8.86. The predicted molar refractivity (Wildman–Crippen MR) is 70.7 cm³/mol. The molecule has 1 rings (SSSR count). The lowest BCUT2D eigenvalue weighted by Gasteiger charge is -2.21. The third-order valence-corrected chi connectivity index (χ3v) is 2.76. The van der Waals surface area contributed by atoms with Gasteiger partial charge in [-0.2, -0.15) is 0 Å². The maximum atomic E-state index is 13.2. The molecule has 0 fully saturated rings. The highest BCUT2D eigenvalue weighted by molar-refractivity contribution is 5.73. The number of rotatable bonds is 7. The largest absolute Gasteiger partial charge is 0.492 e. The van der Waals surface area contributed by atoms with Gasteiger partial charge in [0.2, 0.25) is 0 Å². The van der Waals surface area contributed by atoms with Crippen molar-refractivity contribution >= 4 is 5.97 Å². The van der Waals surface area contributed by atoms with Gasteiger partial charge in [-0.1, -0.05) is 6.92 Å². The second kappa shape index (κ2) is 6.52. The fourth-order valence-corrected chi connectivity index (χ4v) is 1.41. The summed E-state index contributed by atoms with van der Waals surface area (Å²) in [6, 6.07) is 4.23. The second-order valence-electron chi connectivity index (χ2n) is 5.01. The molecule has 0 radical (unpaired) electrons. The Kier molecular flexibility index (Phi) is 5.30. The fourth-order valence-electron chi connectivity index (χ4n) is 1.41. The smallest absolute Gasteiger partial charge is 0.312 e. The first kappa shape index (κ1) is 15.4. The van der Waals surface area contributed by atoms with Crippen molar-refractivity contribution in [2.45, 2.75) is 27.3 Å². The van der Waals surface area contributed by atoms with Crippen LogP contribution >= 0.6 is 0 Å². The molecule has 2 N–H and O–H groups in total. The Hall–Kier alpha value is -1.62. The zero-order valence-electron chi connectivity index (χ0n) is 11.5. The average Bonchev–Trinajstić information content (AvgIpc) is 2.35. The second-order valence-corrected chi connectivity index (χ2v) is 5.01. The van der Waals surface area contributed by atoms with Gasteiger partial charge in [0.05, 0.1) is 5.41 Å². The van der Waals surface area contributed by atoms with E-state index in [0.29, 0.717) is 17.9 Å². The van der Waals surface area contributed by atoms with Crippen LogP contribution in [0.15, 0.2) is 18.2 Å². The van der Waals surface area contributed by atoms with E-state index in [4.69, 9.17) is 9.84 Å². The van der Waals surface area contributed by atoms with Gasteiger partial charge in [0.1, 0.15) is 18.2 Å². The Morgan fingerprint density at radius 1 is 1.47 bits per heavy atom. The van der Waals surface area contributed by atoms with E-state index in [1.165, 1.54) is 18.2 Å². The number of ether oxygens (including phenoxy) is 1. The molecule has 1 aromatic rings. The lowest BCUT2D eigenvalue weighted by Crippen LogP contribution is -2.31. The zero-order valence-corrected chi connectivity index (χ0v) is 11.5. The minimum absolute atomic E-state index is 0.0348. The number of halogens is 1. The normalized spacial score (nSPS) is 11.4. The van der Waals surface area contributed by atoms with Crippen molar-refractivity contribution in [1.82, 2.24) is 5.32 Å². The van der Waals surface area contributed by atoms with E-state index < -0.39 is 11.4 Å². The Labute approximate surface area is 112 Å². The van der Waals surface area contributed by atoms with Gasteiger partial charge < -0.3 is 15.2 Å². The van der Waals surface area contributed by atoms with Crippen LogP contribution in [0.5, 0.6) is 5.75 Å². The molecular weight excluding hydrogens is 249 g/mol. The summed E-state index contributed by atoms with van der Waals surface area (Å²) in [5.41, 5.74) is -0.299. The van der Waals surface area contributed by atoms with Crippen LogP contribution in [-0.4, -0.2) is 24.2 Å². The summed E-state index contributed by atoms with van der Waals surface area (Å²) >= 11 is 0. The minimum atomic E-state index is -0.982. The van der Waals surface area contributed by atoms with Gasteiger partial charge in [-0.3, -0.25) is 4.79 Å². The van der Waals surface area contributed by atoms with E-state index in [9.17, 15) is 9.18 Å². The van der Waals surface area contributed by atoms with Crippen molar-refractivity contribution in [3.63, 3.8) is 0 Å². The lowest BCUT2D eigenvalue weighted by atomic mass is 9.95. The Morgan fingerprint density at radius 3 is 2.74 bits per heavy atom. The van der Waals surface area contributed by atoms with Gasteiger partial charge in [-0.25, -0.2) is 4.39 Å². The third kappa shape index (κ3) is 4.52. The number of aliphatic carboxylic acids is 1. The molecule has 0 saturated carbocycles. The summed E-state index contributed by atoms with van der Waals surface area (Å²) in [6.45, 7) is 6.40. The molecule has 0 aromatic heterocycles. The molecule has 0 aliphatic rings. The summed E-state index contributed by atoms with van der Waals surface area (Å²) in [7, 11) is 0. The van der Waals surface area contributed by atoms with E-state index in [1.807, 2.05) is 6.92 Å². The fraction of sp³-hybridized carbons (Fsp3) is 0.500. The van der Waals surface area contributed by atoms with Crippen LogP contribution in [0.2, 0.25) is 0 Å². The standard InChI is InChI=1S/C14H20FNO3/c1-4-16-8-10-7-11(15)5-6-12(10)19-9-14(2,3)13(17)18/h5-7,16H,4,8-9H2,1-3H3,(H,17,18). The van der Waals surface area contributed by atoms with E-state index >= 15 is 0 Å². The summed E-state index contributed by atoms with van der Waals surface area (Å²) in [5.74, 6) is -0.753. The predicted octanol–water partition coefficient (Wildman–Crippen LogP) is 2.42. The SMILES string of the molecule is CCNCc1cc(F)ccc1OCC(C)(C)C(=O)O. The molecule has 1 aromatic carbocycles. The van der Waals surface area contributed by atoms with E-state index in [1.54, 1.807) is 13.8 Å². The highest BCUT2D eigenvalue weighted by atomic mass is 19.1. The summed E-state index contributed by atoms with van der Waals surface area (Å²) in [4.78, 5) is 11.0. The molecular formula is C14H20FNO3. The van der Waals surface area contributed by atoms with Gasteiger partial charge in [-0.05, 0) is 38.6 Å². The summed E-state index contributed by atoms with van der Waals surface area (Å²) in [5, 5.41) is 12.1. The van der Waals surface area contributed by atoms with Crippen LogP contribution in [-0.2, 0) is 11.3 Å². The molecule has 0 unspecified atom stereocenters. The van der Waals surface area contributed by atoms with Crippen LogP contribution in [0.4, 0.5) is 4.39 Å². The number of nitrogens with one attached hydrogen (secondary N) is 1. The molecule has 0 amide bonds. The molecule has 4 nitrogen and oxygen atoms in total. The number of carbonyl (C=O) groups is 1. The number of benzene rings is 1. The Balaban J connectivity index is 2.79. The van der Waals surface area contributed by atoms with Crippen molar-refractivity contribution in [3.8, 4) is 5.75 Å². The quantitative estimate of drug-likeness (QED) is 0.798. The maximum Gasteiger partial charge on any atom is 0.312 e. The van der Waals surface area contributed by atoms with Crippen LogP contribution < -0.4 is 10.1 Å². The Morgan fingerprint density at radius 2 is 2.16 bits per heavy atom. The molecule has 19 heavy (non-hydrogen) atoms. The van der Waals surface area contributed by atoms with Crippen molar-refractivity contribution in [2.75, 3.05) is 13.2 Å². The molecule has 106 valence electrons. The van der Waals surface area contributed by atoms with Crippen molar-refractivity contribution in [2.24, 2.45) is 5.41 Å². The topological polar surface area (TPSA) is 58.6 Å². The van der Waals surface area contributed by atoms with Crippen LogP contribution in [0, 0.1) is 11.2 Å². The van der Waals surface area contributed by atoms with Crippen LogP contribution in [0.3, 0.4) is 0 Å². The molecule has 0 atom stereocenters. The lowest BCUT2D eigenvalue weighted by molar-refractivity contribution is -0.148. The highest BCUT2D eigenvalue weighted by Crippen LogP contribution is 2.23. The molecule has 0 spiro atoms.